The summed E-state index contributed by atoms with van der Waals surface area (Å²) in [4.78, 5) is 25.2. The van der Waals surface area contributed by atoms with Gasteiger partial charge in [0.15, 0.2) is 5.69 Å². The Hall–Kier alpha value is -2.45. The molecular weight excluding hydrogens is 336 g/mol. The molecule has 1 amide bonds. The summed E-state index contributed by atoms with van der Waals surface area (Å²) in [5.74, 6) is -1.57. The average molecular weight is 351 g/mol. The van der Waals surface area contributed by atoms with Crippen molar-refractivity contribution in [1.82, 2.24) is 19.9 Å². The smallest absolute Gasteiger partial charge is 0.326 e. The van der Waals surface area contributed by atoms with Gasteiger partial charge >= 0.3 is 5.97 Å². The maximum atomic E-state index is 12.6. The standard InChI is InChI=1S/C15H15ClN4O4/c1-24-9-6-13(15(22)23)19(7-9)14(21)11-8-20(18-17-11)12-5-3-2-4-10(12)16/h2-5,8-9,13H,6-7H2,1H3,(H,22,23). The second-order valence-electron chi connectivity index (χ2n) is 5.40. The minimum Gasteiger partial charge on any atom is -0.480 e. The fraction of sp³-hybridized carbons (Fsp3) is 0.333. The topological polar surface area (TPSA) is 97.6 Å². The van der Waals surface area contributed by atoms with Gasteiger partial charge in [-0.15, -0.1) is 5.10 Å². The quantitative estimate of drug-likeness (QED) is 0.890. The number of methoxy groups -OCH3 is 1. The zero-order valence-corrected chi connectivity index (χ0v) is 13.6. The number of aromatic nitrogens is 3. The molecule has 126 valence electrons. The van der Waals surface area contributed by atoms with Gasteiger partial charge in [0.1, 0.15) is 6.04 Å². The van der Waals surface area contributed by atoms with Gasteiger partial charge in [-0.3, -0.25) is 4.79 Å². The molecule has 2 atom stereocenters. The fourth-order valence-electron chi connectivity index (χ4n) is 2.69. The molecule has 0 aliphatic carbocycles. The number of ether oxygens (including phenoxy) is 1. The van der Waals surface area contributed by atoms with Crippen LogP contribution in [0.2, 0.25) is 5.02 Å². The molecule has 8 nitrogen and oxygen atoms in total. The van der Waals surface area contributed by atoms with Crippen molar-refractivity contribution >= 4 is 23.5 Å². The van der Waals surface area contributed by atoms with Gasteiger partial charge in [0.05, 0.1) is 23.0 Å². The van der Waals surface area contributed by atoms with E-state index in [0.717, 1.165) is 0 Å². The Bertz CT molecular complexity index is 778. The summed E-state index contributed by atoms with van der Waals surface area (Å²) in [7, 11) is 1.49. The van der Waals surface area contributed by atoms with E-state index in [4.69, 9.17) is 16.3 Å². The van der Waals surface area contributed by atoms with Crippen molar-refractivity contribution < 1.29 is 19.4 Å². The van der Waals surface area contributed by atoms with Crippen LogP contribution in [-0.2, 0) is 9.53 Å². The molecule has 0 radical (unpaired) electrons. The van der Waals surface area contributed by atoms with Crippen LogP contribution in [0.15, 0.2) is 30.5 Å². The van der Waals surface area contributed by atoms with E-state index < -0.39 is 17.9 Å². The molecule has 1 saturated heterocycles. The number of benzene rings is 1. The van der Waals surface area contributed by atoms with Crippen molar-refractivity contribution in [2.75, 3.05) is 13.7 Å². The molecule has 2 aromatic rings. The van der Waals surface area contributed by atoms with Gasteiger partial charge in [0.25, 0.3) is 5.91 Å². The highest BCUT2D eigenvalue weighted by molar-refractivity contribution is 6.32. The lowest BCUT2D eigenvalue weighted by atomic mass is 10.2. The summed E-state index contributed by atoms with van der Waals surface area (Å²) >= 11 is 6.10. The number of carbonyl (C=O) groups is 2. The van der Waals surface area contributed by atoms with E-state index in [2.05, 4.69) is 10.3 Å². The van der Waals surface area contributed by atoms with Crippen LogP contribution in [0, 0.1) is 0 Å². The van der Waals surface area contributed by atoms with Gasteiger partial charge in [0.2, 0.25) is 0 Å². The second kappa shape index (κ2) is 6.58. The summed E-state index contributed by atoms with van der Waals surface area (Å²) in [5, 5.41) is 17.5. The molecule has 1 aliphatic heterocycles. The number of nitrogens with zero attached hydrogens (tertiary/aromatic N) is 4. The Kier molecular flexibility index (Phi) is 4.50. The number of hydrogen-bond donors (Lipinski definition) is 1. The van der Waals surface area contributed by atoms with E-state index in [0.29, 0.717) is 10.7 Å². The number of aliphatic carboxylic acids is 1. The Morgan fingerprint density at radius 3 is 2.79 bits per heavy atom. The summed E-state index contributed by atoms with van der Waals surface area (Å²) < 4.78 is 6.57. The Morgan fingerprint density at radius 2 is 2.12 bits per heavy atom. The van der Waals surface area contributed by atoms with Crippen molar-refractivity contribution in [3.8, 4) is 5.69 Å². The zero-order chi connectivity index (χ0) is 17.3. The second-order valence-corrected chi connectivity index (χ2v) is 5.81. The molecular formula is C15H15ClN4O4. The molecule has 3 rings (SSSR count). The molecule has 24 heavy (non-hydrogen) atoms. The molecule has 1 aliphatic rings. The number of carboxylic acid groups (broad SMARTS) is 1. The molecule has 2 heterocycles. The summed E-state index contributed by atoms with van der Waals surface area (Å²) in [6.45, 7) is 0.200. The summed E-state index contributed by atoms with van der Waals surface area (Å²) in [5.41, 5.74) is 0.634. The third-order valence-electron chi connectivity index (χ3n) is 3.95. The minimum absolute atomic E-state index is 0.0536. The largest absolute Gasteiger partial charge is 0.480 e. The molecule has 1 fully saturated rings. The van der Waals surface area contributed by atoms with E-state index in [1.807, 2.05) is 0 Å². The van der Waals surface area contributed by atoms with Crippen LogP contribution in [0.4, 0.5) is 0 Å². The minimum atomic E-state index is -1.07. The van der Waals surface area contributed by atoms with Crippen LogP contribution < -0.4 is 0 Å². The number of amides is 1. The van der Waals surface area contributed by atoms with Crippen molar-refractivity contribution in [1.29, 1.82) is 0 Å². The SMILES string of the molecule is COC1CC(C(=O)O)N(C(=O)c2cn(-c3ccccc3Cl)nn2)C1. The number of hydrogen-bond acceptors (Lipinski definition) is 5. The van der Waals surface area contributed by atoms with Crippen LogP contribution in [0.3, 0.4) is 0 Å². The monoisotopic (exact) mass is 350 g/mol. The normalized spacial score (nSPS) is 20.3. The predicted molar refractivity (Wildman–Crippen MR) is 84.2 cm³/mol. The first-order valence-electron chi connectivity index (χ1n) is 7.25. The highest BCUT2D eigenvalue weighted by Crippen LogP contribution is 2.23. The van der Waals surface area contributed by atoms with Crippen LogP contribution in [-0.4, -0.2) is 62.7 Å². The highest BCUT2D eigenvalue weighted by atomic mass is 35.5. The van der Waals surface area contributed by atoms with Gasteiger partial charge in [0, 0.05) is 20.1 Å². The fourth-order valence-corrected chi connectivity index (χ4v) is 2.91. The maximum Gasteiger partial charge on any atom is 0.326 e. The van der Waals surface area contributed by atoms with Crippen LogP contribution in [0.25, 0.3) is 5.69 Å². The highest BCUT2D eigenvalue weighted by Gasteiger charge is 2.40. The van der Waals surface area contributed by atoms with Crippen molar-refractivity contribution in [2.45, 2.75) is 18.6 Å². The number of likely N-dealkylation sites (tertiary alicyclic amines) is 1. The van der Waals surface area contributed by atoms with Gasteiger partial charge in [-0.05, 0) is 12.1 Å². The molecule has 1 aromatic heterocycles. The third-order valence-corrected chi connectivity index (χ3v) is 4.27. The Morgan fingerprint density at radius 1 is 1.38 bits per heavy atom. The number of rotatable bonds is 4. The van der Waals surface area contributed by atoms with E-state index in [1.165, 1.54) is 22.9 Å². The molecule has 0 spiro atoms. The summed E-state index contributed by atoms with van der Waals surface area (Å²) in [6.07, 6.45) is 1.37. The third kappa shape index (κ3) is 2.98. The van der Waals surface area contributed by atoms with Crippen LogP contribution in [0.5, 0.6) is 0 Å². The lowest BCUT2D eigenvalue weighted by molar-refractivity contribution is -0.141. The van der Waals surface area contributed by atoms with Gasteiger partial charge in [-0.2, -0.15) is 0 Å². The van der Waals surface area contributed by atoms with Crippen molar-refractivity contribution in [2.24, 2.45) is 0 Å². The molecule has 1 N–H and O–H groups in total. The first-order chi connectivity index (χ1) is 11.5. The Labute approximate surface area is 142 Å². The van der Waals surface area contributed by atoms with Crippen LogP contribution in [0.1, 0.15) is 16.9 Å². The number of para-hydroxylation sites is 1. The lowest BCUT2D eigenvalue weighted by Gasteiger charge is -2.19. The number of carboxylic acids is 1. The van der Waals surface area contributed by atoms with Crippen molar-refractivity contribution in [3.05, 3.63) is 41.2 Å². The first kappa shape index (κ1) is 16.4. The van der Waals surface area contributed by atoms with Gasteiger partial charge in [-0.1, -0.05) is 28.9 Å². The van der Waals surface area contributed by atoms with Crippen molar-refractivity contribution in [3.63, 3.8) is 0 Å². The van der Waals surface area contributed by atoms with Gasteiger partial charge in [-0.25, -0.2) is 9.48 Å². The first-order valence-corrected chi connectivity index (χ1v) is 7.63. The lowest BCUT2D eigenvalue weighted by Crippen LogP contribution is -2.40. The average Bonchev–Trinajstić information content (AvgIpc) is 3.22. The van der Waals surface area contributed by atoms with E-state index in [1.54, 1.807) is 24.3 Å². The molecule has 1 aromatic carbocycles. The maximum absolute atomic E-state index is 12.6. The molecule has 9 heteroatoms. The molecule has 0 bridgehead atoms. The molecule has 2 unspecified atom stereocenters. The van der Waals surface area contributed by atoms with Gasteiger partial charge < -0.3 is 14.7 Å². The van der Waals surface area contributed by atoms with E-state index >= 15 is 0 Å². The van der Waals surface area contributed by atoms with E-state index in [-0.39, 0.29) is 24.8 Å². The number of halogens is 1. The summed E-state index contributed by atoms with van der Waals surface area (Å²) in [6, 6.07) is 6.07. The predicted octanol–water partition coefficient (Wildman–Crippen LogP) is 1.23. The van der Waals surface area contributed by atoms with Crippen LogP contribution >= 0.6 is 11.6 Å². The zero-order valence-electron chi connectivity index (χ0n) is 12.8. The number of carbonyl (C=O) groups excluding carboxylic acids is 1. The van der Waals surface area contributed by atoms with E-state index in [9.17, 15) is 14.7 Å². The Balaban J connectivity index is 1.86. The molecule has 0 saturated carbocycles.